The lowest BCUT2D eigenvalue weighted by atomic mass is 9.88. The van der Waals surface area contributed by atoms with Gasteiger partial charge < -0.3 is 9.88 Å². The molecular weight excluding hydrogens is 418 g/mol. The number of nitriles is 2. The van der Waals surface area contributed by atoms with Crippen LogP contribution in [0.4, 0.5) is 0 Å². The average Bonchev–Trinajstić information content (AvgIpc) is 3.43. The van der Waals surface area contributed by atoms with Crippen molar-refractivity contribution in [2.24, 2.45) is 5.92 Å². The molecule has 34 heavy (non-hydrogen) atoms. The van der Waals surface area contributed by atoms with Crippen LogP contribution in [-0.4, -0.2) is 28.0 Å². The van der Waals surface area contributed by atoms with Gasteiger partial charge in [-0.15, -0.1) is 0 Å². The second kappa shape index (κ2) is 8.84. The number of aromatic amines is 1. The van der Waals surface area contributed by atoms with Crippen molar-refractivity contribution in [3.8, 4) is 23.5 Å². The molecule has 3 aromatic rings. The first-order chi connectivity index (χ1) is 16.5. The van der Waals surface area contributed by atoms with Crippen LogP contribution in [0.5, 0.6) is 0 Å². The Morgan fingerprint density at radius 2 is 1.79 bits per heavy atom. The molecule has 2 aliphatic rings. The first kappa shape index (κ1) is 22.0. The summed E-state index contributed by atoms with van der Waals surface area (Å²) in [5.41, 5.74) is 9.94. The standard InChI is InChI=1S/C29H29N5/c1-18-12-19(2)26(29-32-27-13-22(17-31)14-28(27)33-29)15-25(18)20(3)34-10-8-24(9-11-34)23-6-4-21(16-30)5-7-23/h4-7,12,15,22,24H,3,8-11,13-14H2,1-2H3,(H,32,33). The molecule has 0 spiro atoms. The third-order valence-corrected chi connectivity index (χ3v) is 7.46. The van der Waals surface area contributed by atoms with Gasteiger partial charge in [-0.1, -0.05) is 24.8 Å². The van der Waals surface area contributed by atoms with Gasteiger partial charge in [-0.2, -0.15) is 10.5 Å². The summed E-state index contributed by atoms with van der Waals surface area (Å²) in [7, 11) is 0. The zero-order chi connectivity index (χ0) is 23.8. The fourth-order valence-electron chi connectivity index (χ4n) is 5.46. The predicted octanol–water partition coefficient (Wildman–Crippen LogP) is 5.65. The summed E-state index contributed by atoms with van der Waals surface area (Å²) in [6.07, 6.45) is 3.65. The van der Waals surface area contributed by atoms with E-state index in [-0.39, 0.29) is 5.92 Å². The highest BCUT2D eigenvalue weighted by molar-refractivity contribution is 5.73. The van der Waals surface area contributed by atoms with E-state index in [1.54, 1.807) is 0 Å². The van der Waals surface area contributed by atoms with Crippen LogP contribution < -0.4 is 0 Å². The first-order valence-electron chi connectivity index (χ1n) is 12.0. The highest BCUT2D eigenvalue weighted by Gasteiger charge is 2.27. The average molecular weight is 448 g/mol. The van der Waals surface area contributed by atoms with Crippen LogP contribution in [-0.2, 0) is 12.8 Å². The van der Waals surface area contributed by atoms with E-state index in [1.807, 2.05) is 12.1 Å². The Morgan fingerprint density at radius 1 is 1.06 bits per heavy atom. The molecule has 170 valence electrons. The molecule has 0 radical (unpaired) electrons. The number of likely N-dealkylation sites (tertiary alicyclic amines) is 1. The van der Waals surface area contributed by atoms with E-state index in [0.29, 0.717) is 11.5 Å². The summed E-state index contributed by atoms with van der Waals surface area (Å²) in [5, 5.41) is 18.3. The number of hydrogen-bond donors (Lipinski definition) is 1. The zero-order valence-electron chi connectivity index (χ0n) is 19.9. The van der Waals surface area contributed by atoms with Crippen LogP contribution in [0.3, 0.4) is 0 Å². The lowest BCUT2D eigenvalue weighted by Gasteiger charge is -2.35. The first-order valence-corrected chi connectivity index (χ1v) is 12.0. The number of nitrogens with zero attached hydrogens (tertiary/aromatic N) is 4. The van der Waals surface area contributed by atoms with Crippen LogP contribution in [0.2, 0.25) is 0 Å². The molecule has 0 amide bonds. The van der Waals surface area contributed by atoms with E-state index in [4.69, 9.17) is 10.2 Å². The van der Waals surface area contributed by atoms with Gasteiger partial charge in [0.15, 0.2) is 0 Å². The van der Waals surface area contributed by atoms with Gasteiger partial charge in [0, 0.05) is 48.4 Å². The molecule has 1 aliphatic heterocycles. The number of H-pyrrole nitrogens is 1. The third-order valence-electron chi connectivity index (χ3n) is 7.46. The minimum absolute atomic E-state index is 0.0458. The summed E-state index contributed by atoms with van der Waals surface area (Å²) in [6, 6.07) is 17.1. The normalized spacial score (nSPS) is 16.2. The van der Waals surface area contributed by atoms with Crippen LogP contribution in [0.25, 0.3) is 17.1 Å². The molecule has 1 atom stereocenters. The van der Waals surface area contributed by atoms with Gasteiger partial charge in [-0.3, -0.25) is 0 Å². The Labute approximate surface area is 201 Å². The molecule has 1 unspecified atom stereocenters. The van der Waals surface area contributed by atoms with Crippen LogP contribution in [0.1, 0.15) is 58.0 Å². The zero-order valence-corrected chi connectivity index (χ0v) is 19.9. The number of nitrogens with one attached hydrogen (secondary N) is 1. The third kappa shape index (κ3) is 3.99. The van der Waals surface area contributed by atoms with Gasteiger partial charge in [0.05, 0.1) is 29.3 Å². The Balaban J connectivity index is 1.33. The highest BCUT2D eigenvalue weighted by atomic mass is 15.1. The van der Waals surface area contributed by atoms with Crippen molar-refractivity contribution in [2.75, 3.05) is 13.1 Å². The van der Waals surface area contributed by atoms with Crippen molar-refractivity contribution in [3.05, 3.63) is 82.2 Å². The van der Waals surface area contributed by atoms with Gasteiger partial charge in [-0.05, 0) is 67.5 Å². The molecule has 1 aromatic heterocycles. The van der Waals surface area contributed by atoms with Crippen molar-refractivity contribution in [1.29, 1.82) is 10.5 Å². The summed E-state index contributed by atoms with van der Waals surface area (Å²) >= 11 is 0. The number of hydrogen-bond acceptors (Lipinski definition) is 4. The molecule has 0 bridgehead atoms. The molecule has 0 saturated carbocycles. The molecule has 1 N–H and O–H groups in total. The summed E-state index contributed by atoms with van der Waals surface area (Å²) < 4.78 is 0. The Kier molecular flexibility index (Phi) is 5.72. The van der Waals surface area contributed by atoms with E-state index >= 15 is 0 Å². The summed E-state index contributed by atoms with van der Waals surface area (Å²) in [6.45, 7) is 10.7. The molecular formula is C29H29N5. The SMILES string of the molecule is C=C(c1cc(-c2nc3c([nH]2)CC(C#N)C3)c(C)cc1C)N1CCC(c2ccc(C#N)cc2)CC1. The molecule has 1 fully saturated rings. The predicted molar refractivity (Wildman–Crippen MR) is 134 cm³/mol. The lowest BCUT2D eigenvalue weighted by Crippen LogP contribution is -2.31. The van der Waals surface area contributed by atoms with Crippen molar-refractivity contribution in [2.45, 2.75) is 45.4 Å². The van der Waals surface area contributed by atoms with Crippen molar-refractivity contribution in [1.82, 2.24) is 14.9 Å². The summed E-state index contributed by atoms with van der Waals surface area (Å²) in [4.78, 5) is 10.7. The minimum Gasteiger partial charge on any atom is -0.371 e. The molecule has 2 heterocycles. The smallest absolute Gasteiger partial charge is 0.138 e. The number of fused-ring (bicyclic) bond motifs is 1. The number of imidazole rings is 1. The quantitative estimate of drug-likeness (QED) is 0.560. The number of piperidine rings is 1. The molecule has 2 aromatic carbocycles. The van der Waals surface area contributed by atoms with E-state index in [2.05, 4.69) is 66.7 Å². The van der Waals surface area contributed by atoms with Crippen molar-refractivity contribution in [3.63, 3.8) is 0 Å². The maximum absolute atomic E-state index is 9.22. The second-order valence-corrected chi connectivity index (χ2v) is 9.67. The van der Waals surface area contributed by atoms with Crippen LogP contribution >= 0.6 is 0 Å². The minimum atomic E-state index is 0.0458. The molecule has 1 aliphatic carbocycles. The number of rotatable bonds is 4. The Morgan fingerprint density at radius 3 is 2.44 bits per heavy atom. The van der Waals surface area contributed by atoms with E-state index in [9.17, 15) is 5.26 Å². The van der Waals surface area contributed by atoms with Gasteiger partial charge in [0.1, 0.15) is 5.82 Å². The topological polar surface area (TPSA) is 79.5 Å². The van der Waals surface area contributed by atoms with Crippen molar-refractivity contribution >= 4 is 5.70 Å². The van der Waals surface area contributed by atoms with Crippen LogP contribution in [0, 0.1) is 42.4 Å². The van der Waals surface area contributed by atoms with Gasteiger partial charge >= 0.3 is 0 Å². The number of aromatic nitrogens is 2. The van der Waals surface area contributed by atoms with Crippen LogP contribution in [0.15, 0.2) is 43.0 Å². The fourth-order valence-corrected chi connectivity index (χ4v) is 5.46. The molecule has 5 heteroatoms. The van der Waals surface area contributed by atoms with Crippen molar-refractivity contribution < 1.29 is 0 Å². The molecule has 1 saturated heterocycles. The Bertz CT molecular complexity index is 1300. The highest BCUT2D eigenvalue weighted by Crippen LogP contribution is 2.35. The van der Waals surface area contributed by atoms with E-state index < -0.39 is 0 Å². The van der Waals surface area contributed by atoms with Gasteiger partial charge in [0.25, 0.3) is 0 Å². The largest absolute Gasteiger partial charge is 0.371 e. The number of aryl methyl sites for hydroxylation is 2. The molecule has 5 rings (SSSR count). The monoisotopic (exact) mass is 447 g/mol. The summed E-state index contributed by atoms with van der Waals surface area (Å²) in [5.74, 6) is 1.46. The second-order valence-electron chi connectivity index (χ2n) is 9.67. The maximum Gasteiger partial charge on any atom is 0.138 e. The van der Waals surface area contributed by atoms with Gasteiger partial charge in [-0.25, -0.2) is 4.98 Å². The number of benzene rings is 2. The molecule has 5 nitrogen and oxygen atoms in total. The maximum atomic E-state index is 9.22. The van der Waals surface area contributed by atoms with E-state index in [1.165, 1.54) is 22.3 Å². The van der Waals surface area contributed by atoms with Gasteiger partial charge in [0.2, 0.25) is 0 Å². The lowest BCUT2D eigenvalue weighted by molar-refractivity contribution is 0.299. The fraction of sp³-hybridized carbons (Fsp3) is 0.345. The van der Waals surface area contributed by atoms with E-state index in [0.717, 1.165) is 67.2 Å². The Hall–Kier alpha value is -3.83.